The van der Waals surface area contributed by atoms with Crippen LogP contribution in [0.15, 0.2) is 18.2 Å². The Balaban J connectivity index is 2.47. The first kappa shape index (κ1) is 10.5. The number of carbonyl (C=O) groups excluding carboxylic acids is 1. The van der Waals surface area contributed by atoms with Crippen LogP contribution in [0.5, 0.6) is 5.75 Å². The standard InChI is InChI=1S/C11H11N3O2/c1-16-9-4-2-3-7(5-12)10(9)14-6-8(13)11(14)15/h2-4,8H,6,13H2,1H3. The number of β-lactam (4-membered cyclic amide) rings is 1. The molecular weight excluding hydrogens is 206 g/mol. The SMILES string of the molecule is COc1cccc(C#N)c1N1CC(N)C1=O. The summed E-state index contributed by atoms with van der Waals surface area (Å²) in [5.41, 5.74) is 6.45. The summed E-state index contributed by atoms with van der Waals surface area (Å²) in [6.45, 7) is 0.424. The maximum atomic E-state index is 11.5. The number of para-hydroxylation sites is 1. The predicted molar refractivity (Wildman–Crippen MR) is 58.0 cm³/mol. The Hall–Kier alpha value is -2.06. The summed E-state index contributed by atoms with van der Waals surface area (Å²) in [5, 5.41) is 8.98. The molecule has 0 aliphatic carbocycles. The number of anilines is 1. The lowest BCUT2D eigenvalue weighted by Crippen LogP contribution is -2.61. The van der Waals surface area contributed by atoms with Gasteiger partial charge in [0.05, 0.1) is 19.2 Å². The van der Waals surface area contributed by atoms with E-state index in [0.717, 1.165) is 0 Å². The zero-order chi connectivity index (χ0) is 11.7. The van der Waals surface area contributed by atoms with E-state index < -0.39 is 6.04 Å². The van der Waals surface area contributed by atoms with E-state index in [-0.39, 0.29) is 5.91 Å². The van der Waals surface area contributed by atoms with Crippen molar-refractivity contribution in [2.75, 3.05) is 18.6 Å². The molecule has 0 bridgehead atoms. The molecule has 1 aliphatic rings. The topological polar surface area (TPSA) is 79.3 Å². The molecule has 1 amide bonds. The van der Waals surface area contributed by atoms with Gasteiger partial charge in [0.25, 0.3) is 0 Å². The molecule has 2 N–H and O–H groups in total. The molecule has 5 heteroatoms. The van der Waals surface area contributed by atoms with Gasteiger partial charge in [0.2, 0.25) is 5.91 Å². The molecule has 1 aliphatic heterocycles. The number of methoxy groups -OCH3 is 1. The first-order valence-electron chi connectivity index (χ1n) is 4.83. The van der Waals surface area contributed by atoms with Crippen molar-refractivity contribution in [2.24, 2.45) is 5.73 Å². The largest absolute Gasteiger partial charge is 0.495 e. The lowest BCUT2D eigenvalue weighted by atomic mass is 10.0. The monoisotopic (exact) mass is 217 g/mol. The molecule has 0 spiro atoms. The normalized spacial score (nSPS) is 18.9. The summed E-state index contributed by atoms with van der Waals surface area (Å²) >= 11 is 0. The minimum atomic E-state index is -0.462. The zero-order valence-electron chi connectivity index (χ0n) is 8.80. The second-order valence-electron chi connectivity index (χ2n) is 3.52. The van der Waals surface area contributed by atoms with Crippen LogP contribution in [0.2, 0.25) is 0 Å². The van der Waals surface area contributed by atoms with E-state index >= 15 is 0 Å². The molecule has 1 aromatic rings. The van der Waals surface area contributed by atoms with Gasteiger partial charge < -0.3 is 15.4 Å². The zero-order valence-corrected chi connectivity index (χ0v) is 8.80. The van der Waals surface area contributed by atoms with Gasteiger partial charge in [-0.2, -0.15) is 5.26 Å². The van der Waals surface area contributed by atoms with Crippen molar-refractivity contribution in [3.05, 3.63) is 23.8 Å². The number of nitrogens with two attached hydrogens (primary N) is 1. The van der Waals surface area contributed by atoms with Gasteiger partial charge in [-0.05, 0) is 12.1 Å². The fourth-order valence-corrected chi connectivity index (χ4v) is 1.71. The fourth-order valence-electron chi connectivity index (χ4n) is 1.71. The Morgan fingerprint density at radius 2 is 2.38 bits per heavy atom. The van der Waals surface area contributed by atoms with Gasteiger partial charge in [-0.1, -0.05) is 6.07 Å². The summed E-state index contributed by atoms with van der Waals surface area (Å²) in [6.07, 6.45) is 0. The molecule has 1 atom stereocenters. The van der Waals surface area contributed by atoms with Crippen molar-refractivity contribution < 1.29 is 9.53 Å². The third kappa shape index (κ3) is 1.40. The van der Waals surface area contributed by atoms with Gasteiger partial charge in [0.15, 0.2) is 0 Å². The summed E-state index contributed by atoms with van der Waals surface area (Å²) < 4.78 is 5.14. The number of benzene rings is 1. The molecular formula is C11H11N3O2. The molecule has 82 valence electrons. The van der Waals surface area contributed by atoms with Gasteiger partial charge in [-0.3, -0.25) is 4.79 Å². The lowest BCUT2D eigenvalue weighted by Gasteiger charge is -2.37. The van der Waals surface area contributed by atoms with E-state index in [9.17, 15) is 4.79 Å². The van der Waals surface area contributed by atoms with E-state index in [4.69, 9.17) is 15.7 Å². The first-order valence-corrected chi connectivity index (χ1v) is 4.83. The summed E-state index contributed by atoms with van der Waals surface area (Å²) in [5.74, 6) is 0.334. The van der Waals surface area contributed by atoms with Gasteiger partial charge in [0.1, 0.15) is 23.5 Å². The second kappa shape index (κ2) is 3.83. The molecule has 16 heavy (non-hydrogen) atoms. The quantitative estimate of drug-likeness (QED) is 0.720. The number of hydrogen-bond donors (Lipinski definition) is 1. The Morgan fingerprint density at radius 1 is 1.62 bits per heavy atom. The number of rotatable bonds is 2. The van der Waals surface area contributed by atoms with E-state index in [2.05, 4.69) is 0 Å². The third-order valence-electron chi connectivity index (χ3n) is 2.57. The summed E-state index contributed by atoms with van der Waals surface area (Å²) in [4.78, 5) is 13.0. The van der Waals surface area contributed by atoms with Crippen molar-refractivity contribution in [3.8, 4) is 11.8 Å². The van der Waals surface area contributed by atoms with Gasteiger partial charge in [-0.15, -0.1) is 0 Å². The van der Waals surface area contributed by atoms with Gasteiger partial charge in [0, 0.05) is 0 Å². The van der Waals surface area contributed by atoms with E-state index in [1.54, 1.807) is 18.2 Å². The molecule has 1 heterocycles. The Labute approximate surface area is 93.0 Å². The predicted octanol–water partition coefficient (Wildman–Crippen LogP) is 0.241. The highest BCUT2D eigenvalue weighted by atomic mass is 16.5. The Morgan fingerprint density at radius 3 is 2.88 bits per heavy atom. The van der Waals surface area contributed by atoms with E-state index in [0.29, 0.717) is 23.5 Å². The number of carbonyl (C=O) groups is 1. The Bertz CT molecular complexity index is 479. The van der Waals surface area contributed by atoms with Gasteiger partial charge in [-0.25, -0.2) is 0 Å². The molecule has 1 aromatic carbocycles. The molecule has 0 saturated carbocycles. The molecule has 0 aromatic heterocycles. The van der Waals surface area contributed by atoms with Crippen LogP contribution in [0.1, 0.15) is 5.56 Å². The first-order chi connectivity index (χ1) is 7.69. The average molecular weight is 217 g/mol. The van der Waals surface area contributed by atoms with Crippen LogP contribution in [0, 0.1) is 11.3 Å². The van der Waals surface area contributed by atoms with Crippen molar-refractivity contribution in [1.82, 2.24) is 0 Å². The summed E-state index contributed by atoms with van der Waals surface area (Å²) in [6, 6.07) is 6.66. The maximum absolute atomic E-state index is 11.5. The molecule has 5 nitrogen and oxygen atoms in total. The molecule has 1 saturated heterocycles. The lowest BCUT2D eigenvalue weighted by molar-refractivity contribution is -0.123. The minimum absolute atomic E-state index is 0.180. The molecule has 1 unspecified atom stereocenters. The molecule has 1 fully saturated rings. The van der Waals surface area contributed by atoms with Crippen molar-refractivity contribution in [1.29, 1.82) is 5.26 Å². The Kier molecular flexibility index (Phi) is 2.50. The van der Waals surface area contributed by atoms with Crippen molar-refractivity contribution in [3.63, 3.8) is 0 Å². The van der Waals surface area contributed by atoms with Crippen LogP contribution in [0.3, 0.4) is 0 Å². The van der Waals surface area contributed by atoms with E-state index in [1.807, 2.05) is 6.07 Å². The fraction of sp³-hybridized carbons (Fsp3) is 0.273. The molecule has 0 radical (unpaired) electrons. The summed E-state index contributed by atoms with van der Waals surface area (Å²) in [7, 11) is 1.50. The maximum Gasteiger partial charge on any atom is 0.245 e. The number of amides is 1. The van der Waals surface area contributed by atoms with Crippen LogP contribution < -0.4 is 15.4 Å². The van der Waals surface area contributed by atoms with Crippen LogP contribution in [0.25, 0.3) is 0 Å². The van der Waals surface area contributed by atoms with Crippen LogP contribution in [-0.2, 0) is 4.79 Å². The van der Waals surface area contributed by atoms with Crippen LogP contribution >= 0.6 is 0 Å². The highest BCUT2D eigenvalue weighted by Gasteiger charge is 2.37. The highest BCUT2D eigenvalue weighted by molar-refractivity contribution is 6.05. The van der Waals surface area contributed by atoms with Crippen LogP contribution in [-0.4, -0.2) is 25.6 Å². The number of nitrogens with zero attached hydrogens (tertiary/aromatic N) is 2. The number of ether oxygens (including phenoxy) is 1. The van der Waals surface area contributed by atoms with Gasteiger partial charge >= 0.3 is 0 Å². The molecule has 2 rings (SSSR count). The minimum Gasteiger partial charge on any atom is -0.495 e. The van der Waals surface area contributed by atoms with Crippen molar-refractivity contribution in [2.45, 2.75) is 6.04 Å². The van der Waals surface area contributed by atoms with E-state index in [1.165, 1.54) is 12.0 Å². The third-order valence-corrected chi connectivity index (χ3v) is 2.57. The highest BCUT2D eigenvalue weighted by Crippen LogP contribution is 2.34. The smallest absolute Gasteiger partial charge is 0.245 e. The second-order valence-corrected chi connectivity index (χ2v) is 3.52. The van der Waals surface area contributed by atoms with Crippen LogP contribution in [0.4, 0.5) is 5.69 Å². The number of hydrogen-bond acceptors (Lipinski definition) is 4. The number of nitriles is 1. The average Bonchev–Trinajstić information content (AvgIpc) is 2.34. The van der Waals surface area contributed by atoms with Crippen molar-refractivity contribution >= 4 is 11.6 Å².